The molecule has 1 aromatic carbocycles. The van der Waals surface area contributed by atoms with Crippen LogP contribution in [0, 0.1) is 0 Å². The van der Waals surface area contributed by atoms with E-state index in [1.807, 2.05) is 12.1 Å². The number of rotatable bonds is 7. The van der Waals surface area contributed by atoms with E-state index in [1.54, 1.807) is 24.5 Å². The largest absolute Gasteiger partial charge is 0.493 e. The zero-order valence-corrected chi connectivity index (χ0v) is 12.0. The number of hydrogen-bond acceptors (Lipinski definition) is 5. The highest BCUT2D eigenvalue weighted by molar-refractivity contribution is 5.78. The van der Waals surface area contributed by atoms with E-state index >= 15 is 0 Å². The normalized spacial score (nSPS) is 10.0. The number of nitrogens with zero attached hydrogens (tertiary/aromatic N) is 1. The molecule has 1 heterocycles. The lowest BCUT2D eigenvalue weighted by molar-refractivity contribution is 0.112. The van der Waals surface area contributed by atoms with Crippen molar-refractivity contribution in [2.24, 2.45) is 0 Å². The highest BCUT2D eigenvalue weighted by Crippen LogP contribution is 2.38. The molecular formula is C16H17NO4. The second-order valence-corrected chi connectivity index (χ2v) is 4.33. The van der Waals surface area contributed by atoms with Crippen LogP contribution in [0.2, 0.25) is 0 Å². The number of carbonyl (C=O) groups is 1. The standard InChI is InChI=1S/C16H17NO4/c1-19-14-9-13(11-18)10-15(20-2)16(14)21-8-5-12-3-6-17-7-4-12/h3-4,6-7,9-11H,5,8H2,1-2H3. The Labute approximate surface area is 123 Å². The number of pyridine rings is 1. The first-order chi connectivity index (χ1) is 10.3. The van der Waals surface area contributed by atoms with Gasteiger partial charge in [-0.1, -0.05) is 0 Å². The predicted octanol–water partition coefficient (Wildman–Crippen LogP) is 2.53. The van der Waals surface area contributed by atoms with Gasteiger partial charge in [-0.05, 0) is 29.8 Å². The molecule has 0 spiro atoms. The molecule has 0 unspecified atom stereocenters. The molecule has 0 N–H and O–H groups in total. The van der Waals surface area contributed by atoms with Crippen molar-refractivity contribution in [1.29, 1.82) is 0 Å². The topological polar surface area (TPSA) is 57.7 Å². The summed E-state index contributed by atoms with van der Waals surface area (Å²) in [7, 11) is 3.05. The fourth-order valence-electron chi connectivity index (χ4n) is 1.93. The summed E-state index contributed by atoms with van der Waals surface area (Å²) in [6.45, 7) is 0.469. The minimum atomic E-state index is 0.469. The van der Waals surface area contributed by atoms with Crippen LogP contribution in [0.25, 0.3) is 0 Å². The summed E-state index contributed by atoms with van der Waals surface area (Å²) in [5.41, 5.74) is 1.61. The molecule has 0 bridgehead atoms. The van der Waals surface area contributed by atoms with Gasteiger partial charge in [-0.15, -0.1) is 0 Å². The molecule has 0 radical (unpaired) electrons. The van der Waals surface area contributed by atoms with Crippen molar-refractivity contribution < 1.29 is 19.0 Å². The van der Waals surface area contributed by atoms with Crippen LogP contribution in [0.3, 0.4) is 0 Å². The van der Waals surface area contributed by atoms with E-state index in [-0.39, 0.29) is 0 Å². The van der Waals surface area contributed by atoms with E-state index in [1.165, 1.54) is 14.2 Å². The molecule has 2 aromatic rings. The lowest BCUT2D eigenvalue weighted by Crippen LogP contribution is -2.05. The number of aromatic nitrogens is 1. The highest BCUT2D eigenvalue weighted by atomic mass is 16.5. The molecular weight excluding hydrogens is 270 g/mol. The SMILES string of the molecule is COc1cc(C=O)cc(OC)c1OCCc1ccncc1. The molecule has 5 nitrogen and oxygen atoms in total. The maximum atomic E-state index is 10.9. The van der Waals surface area contributed by atoms with Gasteiger partial charge in [0.05, 0.1) is 20.8 Å². The molecule has 5 heteroatoms. The van der Waals surface area contributed by atoms with Crippen molar-refractivity contribution in [1.82, 2.24) is 4.98 Å². The summed E-state index contributed by atoms with van der Waals surface area (Å²) >= 11 is 0. The third kappa shape index (κ3) is 3.72. The lowest BCUT2D eigenvalue weighted by Gasteiger charge is -2.15. The predicted molar refractivity (Wildman–Crippen MR) is 78.4 cm³/mol. The molecule has 0 amide bonds. The first kappa shape index (κ1) is 14.8. The molecule has 0 aliphatic carbocycles. The van der Waals surface area contributed by atoms with Crippen molar-refractivity contribution in [2.45, 2.75) is 6.42 Å². The Morgan fingerprint density at radius 1 is 1.10 bits per heavy atom. The fourth-order valence-corrected chi connectivity index (χ4v) is 1.93. The van der Waals surface area contributed by atoms with E-state index in [9.17, 15) is 4.79 Å². The first-order valence-electron chi connectivity index (χ1n) is 6.51. The van der Waals surface area contributed by atoms with Crippen LogP contribution in [0.15, 0.2) is 36.7 Å². The lowest BCUT2D eigenvalue weighted by atomic mass is 10.2. The number of hydrogen-bond donors (Lipinski definition) is 0. The number of aldehydes is 1. The maximum Gasteiger partial charge on any atom is 0.203 e. The average molecular weight is 287 g/mol. The van der Waals surface area contributed by atoms with Crippen LogP contribution in [0.1, 0.15) is 15.9 Å². The molecule has 0 saturated heterocycles. The van der Waals surface area contributed by atoms with Crippen molar-refractivity contribution in [3.05, 3.63) is 47.8 Å². The summed E-state index contributed by atoms with van der Waals surface area (Å²) in [5.74, 6) is 1.46. The van der Waals surface area contributed by atoms with E-state index in [2.05, 4.69) is 4.98 Å². The summed E-state index contributed by atoms with van der Waals surface area (Å²) in [5, 5.41) is 0. The molecule has 21 heavy (non-hydrogen) atoms. The molecule has 0 saturated carbocycles. The number of benzene rings is 1. The van der Waals surface area contributed by atoms with Crippen LogP contribution < -0.4 is 14.2 Å². The quantitative estimate of drug-likeness (QED) is 0.732. The molecule has 1 aromatic heterocycles. The third-order valence-electron chi connectivity index (χ3n) is 3.01. The Bertz CT molecular complexity index is 573. The van der Waals surface area contributed by atoms with Crippen molar-refractivity contribution >= 4 is 6.29 Å². The Morgan fingerprint density at radius 2 is 1.71 bits per heavy atom. The van der Waals surface area contributed by atoms with Gasteiger partial charge in [-0.2, -0.15) is 0 Å². The highest BCUT2D eigenvalue weighted by Gasteiger charge is 2.14. The smallest absolute Gasteiger partial charge is 0.203 e. The van der Waals surface area contributed by atoms with Crippen LogP contribution in [-0.2, 0) is 6.42 Å². The summed E-state index contributed by atoms with van der Waals surface area (Å²) < 4.78 is 16.3. The fraction of sp³-hybridized carbons (Fsp3) is 0.250. The second kappa shape index (κ2) is 7.28. The zero-order valence-electron chi connectivity index (χ0n) is 12.0. The first-order valence-corrected chi connectivity index (χ1v) is 6.51. The van der Waals surface area contributed by atoms with Crippen LogP contribution in [0.5, 0.6) is 17.2 Å². The van der Waals surface area contributed by atoms with E-state index in [0.29, 0.717) is 29.4 Å². The maximum absolute atomic E-state index is 10.9. The van der Waals surface area contributed by atoms with Crippen LogP contribution >= 0.6 is 0 Å². The van der Waals surface area contributed by atoms with Crippen LogP contribution in [0.4, 0.5) is 0 Å². The zero-order chi connectivity index (χ0) is 15.1. The Hall–Kier alpha value is -2.56. The minimum Gasteiger partial charge on any atom is -0.493 e. The average Bonchev–Trinajstić information content (AvgIpc) is 2.55. The number of ether oxygens (including phenoxy) is 3. The van der Waals surface area contributed by atoms with Crippen LogP contribution in [-0.4, -0.2) is 32.1 Å². The van der Waals surface area contributed by atoms with Gasteiger partial charge in [-0.3, -0.25) is 9.78 Å². The van der Waals surface area contributed by atoms with Gasteiger partial charge in [0.25, 0.3) is 0 Å². The van der Waals surface area contributed by atoms with Gasteiger partial charge in [0.1, 0.15) is 6.29 Å². The van der Waals surface area contributed by atoms with Gasteiger partial charge < -0.3 is 14.2 Å². The van der Waals surface area contributed by atoms with E-state index in [4.69, 9.17) is 14.2 Å². The van der Waals surface area contributed by atoms with E-state index in [0.717, 1.165) is 18.3 Å². The van der Waals surface area contributed by atoms with Gasteiger partial charge >= 0.3 is 0 Å². The van der Waals surface area contributed by atoms with Gasteiger partial charge in [-0.25, -0.2) is 0 Å². The Kier molecular flexibility index (Phi) is 5.15. The van der Waals surface area contributed by atoms with Crippen molar-refractivity contribution in [2.75, 3.05) is 20.8 Å². The van der Waals surface area contributed by atoms with Crippen molar-refractivity contribution in [3.8, 4) is 17.2 Å². The Morgan fingerprint density at radius 3 is 2.24 bits per heavy atom. The summed E-state index contributed by atoms with van der Waals surface area (Å²) in [4.78, 5) is 14.9. The van der Waals surface area contributed by atoms with Gasteiger partial charge in [0, 0.05) is 24.4 Å². The molecule has 110 valence electrons. The Balaban J connectivity index is 2.13. The van der Waals surface area contributed by atoms with Crippen molar-refractivity contribution in [3.63, 3.8) is 0 Å². The molecule has 0 fully saturated rings. The monoisotopic (exact) mass is 287 g/mol. The molecule has 0 aliphatic heterocycles. The second-order valence-electron chi connectivity index (χ2n) is 4.33. The number of methoxy groups -OCH3 is 2. The summed E-state index contributed by atoms with van der Waals surface area (Å²) in [6.07, 6.45) is 4.97. The van der Waals surface area contributed by atoms with Gasteiger partial charge in [0.2, 0.25) is 5.75 Å². The minimum absolute atomic E-state index is 0.469. The molecule has 2 rings (SSSR count). The molecule has 0 aliphatic rings. The van der Waals surface area contributed by atoms with Gasteiger partial charge in [0.15, 0.2) is 11.5 Å². The molecule has 0 atom stereocenters. The number of carbonyl (C=O) groups excluding carboxylic acids is 1. The van der Waals surface area contributed by atoms with E-state index < -0.39 is 0 Å². The third-order valence-corrected chi connectivity index (χ3v) is 3.01. The summed E-state index contributed by atoms with van der Waals surface area (Å²) in [6, 6.07) is 7.12.